The average Bonchev–Trinajstić information content (AvgIpc) is 2.45. The second-order valence-corrected chi connectivity index (χ2v) is 6.60. The molecule has 1 aromatic carbocycles. The first kappa shape index (κ1) is 16.3. The Bertz CT molecular complexity index is 419. The van der Waals surface area contributed by atoms with Gasteiger partial charge in [-0.1, -0.05) is 12.1 Å². The number of nitrogens with zero attached hydrogens (tertiary/aromatic N) is 1. The molecule has 0 unspecified atom stereocenters. The minimum absolute atomic E-state index is 0.176. The zero-order chi connectivity index (χ0) is 15.3. The summed E-state index contributed by atoms with van der Waals surface area (Å²) in [4.78, 5) is 2.45. The maximum Gasteiger partial charge on any atom is 0.120 e. The van der Waals surface area contributed by atoms with Gasteiger partial charge in [0.05, 0.1) is 0 Å². The number of hydrogen-bond donors (Lipinski definition) is 2. The predicted octanol–water partition coefficient (Wildman–Crippen LogP) is 2.19. The first-order valence-corrected chi connectivity index (χ1v) is 7.84. The topological polar surface area (TPSA) is 44.7 Å². The maximum atomic E-state index is 9.37. The zero-order valence-corrected chi connectivity index (χ0v) is 13.4. The van der Waals surface area contributed by atoms with E-state index in [4.69, 9.17) is 4.74 Å². The summed E-state index contributed by atoms with van der Waals surface area (Å²) < 4.78 is 5.87. The molecular formula is C17H28N2O2. The van der Waals surface area contributed by atoms with Crippen LogP contribution in [0.4, 0.5) is 0 Å². The first-order valence-electron chi connectivity index (χ1n) is 7.84. The Morgan fingerprint density at radius 1 is 1.19 bits per heavy atom. The van der Waals surface area contributed by atoms with Gasteiger partial charge < -0.3 is 15.2 Å². The summed E-state index contributed by atoms with van der Waals surface area (Å²) >= 11 is 0. The number of rotatable bonds is 5. The van der Waals surface area contributed by atoms with E-state index in [0.29, 0.717) is 6.04 Å². The Morgan fingerprint density at radius 2 is 1.81 bits per heavy atom. The molecule has 0 spiro atoms. The van der Waals surface area contributed by atoms with Gasteiger partial charge in [0, 0.05) is 38.8 Å². The van der Waals surface area contributed by atoms with E-state index in [1.807, 2.05) is 12.1 Å². The van der Waals surface area contributed by atoms with Gasteiger partial charge in [-0.15, -0.1) is 0 Å². The molecule has 1 atom stereocenters. The van der Waals surface area contributed by atoms with Gasteiger partial charge >= 0.3 is 0 Å². The fourth-order valence-electron chi connectivity index (χ4n) is 2.79. The molecule has 2 rings (SSSR count). The average molecular weight is 292 g/mol. The van der Waals surface area contributed by atoms with Gasteiger partial charge in [-0.05, 0) is 44.9 Å². The van der Waals surface area contributed by atoms with Crippen molar-refractivity contribution in [2.24, 2.45) is 0 Å². The highest BCUT2D eigenvalue weighted by Crippen LogP contribution is 2.27. The van der Waals surface area contributed by atoms with Gasteiger partial charge in [0.25, 0.3) is 0 Å². The van der Waals surface area contributed by atoms with Crippen molar-refractivity contribution in [1.82, 2.24) is 10.2 Å². The van der Waals surface area contributed by atoms with E-state index in [0.717, 1.165) is 38.3 Å². The Labute approximate surface area is 128 Å². The quantitative estimate of drug-likeness (QED) is 0.873. The summed E-state index contributed by atoms with van der Waals surface area (Å²) in [6.07, 6.45) is 0.777. The monoisotopic (exact) mass is 292 g/mol. The van der Waals surface area contributed by atoms with Gasteiger partial charge in [0.15, 0.2) is 0 Å². The van der Waals surface area contributed by atoms with E-state index in [-0.39, 0.29) is 12.2 Å². The van der Waals surface area contributed by atoms with Gasteiger partial charge in [0.1, 0.15) is 11.4 Å². The molecule has 1 fully saturated rings. The Kier molecular flexibility index (Phi) is 5.62. The van der Waals surface area contributed by atoms with Crippen LogP contribution in [0.15, 0.2) is 24.3 Å². The fraction of sp³-hybridized carbons (Fsp3) is 0.647. The lowest BCUT2D eigenvalue weighted by atomic mass is 10.0. The lowest BCUT2D eigenvalue weighted by molar-refractivity contribution is 0.130. The normalized spacial score (nSPS) is 18.5. The summed E-state index contributed by atoms with van der Waals surface area (Å²) in [5, 5.41) is 12.7. The van der Waals surface area contributed by atoms with Crippen molar-refractivity contribution in [2.45, 2.75) is 38.8 Å². The SMILES string of the molecule is CC(C)(C)Oc1ccc([C@H](CCO)N2CCNCC2)cc1. The van der Waals surface area contributed by atoms with E-state index in [1.54, 1.807) is 0 Å². The molecule has 1 aromatic rings. The highest BCUT2D eigenvalue weighted by atomic mass is 16.5. The Balaban J connectivity index is 2.09. The standard InChI is InChI=1S/C17H28N2O2/c1-17(2,3)21-15-6-4-14(5-7-15)16(8-13-20)19-11-9-18-10-12-19/h4-7,16,18,20H,8-13H2,1-3H3/t16-/m0/s1. The molecule has 0 aromatic heterocycles. The van der Waals surface area contributed by atoms with Crippen LogP contribution in [0.25, 0.3) is 0 Å². The lowest BCUT2D eigenvalue weighted by Gasteiger charge is -2.35. The van der Waals surface area contributed by atoms with Crippen molar-refractivity contribution in [1.29, 1.82) is 0 Å². The number of ether oxygens (including phenoxy) is 1. The van der Waals surface area contributed by atoms with Crippen LogP contribution < -0.4 is 10.1 Å². The molecular weight excluding hydrogens is 264 g/mol. The summed E-state index contributed by atoms with van der Waals surface area (Å²) in [7, 11) is 0. The molecule has 118 valence electrons. The van der Waals surface area contributed by atoms with Gasteiger partial charge in [0.2, 0.25) is 0 Å². The molecule has 0 amide bonds. The highest BCUT2D eigenvalue weighted by Gasteiger charge is 2.22. The van der Waals surface area contributed by atoms with Gasteiger partial charge in [-0.2, -0.15) is 0 Å². The molecule has 2 N–H and O–H groups in total. The number of aliphatic hydroxyl groups excluding tert-OH is 1. The van der Waals surface area contributed by atoms with Crippen molar-refractivity contribution < 1.29 is 9.84 Å². The molecule has 4 heteroatoms. The van der Waals surface area contributed by atoms with Crippen LogP contribution in [-0.2, 0) is 0 Å². The van der Waals surface area contributed by atoms with Crippen molar-refractivity contribution in [3.63, 3.8) is 0 Å². The van der Waals surface area contributed by atoms with Crippen molar-refractivity contribution in [2.75, 3.05) is 32.8 Å². The summed E-state index contributed by atoms with van der Waals surface area (Å²) in [6, 6.07) is 8.62. The number of benzene rings is 1. The van der Waals surface area contributed by atoms with E-state index < -0.39 is 0 Å². The largest absolute Gasteiger partial charge is 0.488 e. The van der Waals surface area contributed by atoms with Gasteiger partial charge in [-0.25, -0.2) is 0 Å². The van der Waals surface area contributed by atoms with Gasteiger partial charge in [-0.3, -0.25) is 4.90 Å². The smallest absolute Gasteiger partial charge is 0.120 e. The van der Waals surface area contributed by atoms with Crippen molar-refractivity contribution in [3.8, 4) is 5.75 Å². The third-order valence-corrected chi connectivity index (χ3v) is 3.68. The Hall–Kier alpha value is -1.10. The number of aliphatic hydroxyl groups is 1. The number of nitrogens with one attached hydrogen (secondary N) is 1. The molecule has 0 radical (unpaired) electrons. The van der Waals surface area contributed by atoms with E-state index >= 15 is 0 Å². The molecule has 1 heterocycles. The highest BCUT2D eigenvalue weighted by molar-refractivity contribution is 5.29. The molecule has 0 saturated carbocycles. The molecule has 4 nitrogen and oxygen atoms in total. The van der Waals surface area contributed by atoms with E-state index in [9.17, 15) is 5.11 Å². The minimum Gasteiger partial charge on any atom is -0.488 e. The molecule has 0 aliphatic carbocycles. The third-order valence-electron chi connectivity index (χ3n) is 3.68. The molecule has 1 aliphatic heterocycles. The van der Waals surface area contributed by atoms with Crippen molar-refractivity contribution >= 4 is 0 Å². The first-order chi connectivity index (χ1) is 9.99. The maximum absolute atomic E-state index is 9.37. The lowest BCUT2D eigenvalue weighted by Crippen LogP contribution is -2.45. The zero-order valence-electron chi connectivity index (χ0n) is 13.4. The minimum atomic E-state index is -0.176. The van der Waals surface area contributed by atoms with E-state index in [2.05, 4.69) is 43.1 Å². The van der Waals surface area contributed by atoms with Crippen LogP contribution in [-0.4, -0.2) is 48.4 Å². The van der Waals surface area contributed by atoms with Crippen LogP contribution in [0, 0.1) is 0 Å². The molecule has 0 bridgehead atoms. The molecule has 1 saturated heterocycles. The van der Waals surface area contributed by atoms with Crippen LogP contribution in [0.3, 0.4) is 0 Å². The van der Waals surface area contributed by atoms with Crippen LogP contribution in [0.5, 0.6) is 5.75 Å². The second kappa shape index (κ2) is 7.25. The molecule has 1 aliphatic rings. The van der Waals surface area contributed by atoms with Crippen LogP contribution >= 0.6 is 0 Å². The number of piperazine rings is 1. The fourth-order valence-corrected chi connectivity index (χ4v) is 2.79. The predicted molar refractivity (Wildman–Crippen MR) is 85.7 cm³/mol. The summed E-state index contributed by atoms with van der Waals surface area (Å²) in [6.45, 7) is 10.5. The van der Waals surface area contributed by atoms with E-state index in [1.165, 1.54) is 5.56 Å². The number of hydrogen-bond acceptors (Lipinski definition) is 4. The Morgan fingerprint density at radius 3 is 2.33 bits per heavy atom. The summed E-state index contributed by atoms with van der Waals surface area (Å²) in [5.41, 5.74) is 1.08. The second-order valence-electron chi connectivity index (χ2n) is 6.60. The third kappa shape index (κ3) is 4.99. The van der Waals surface area contributed by atoms with Crippen LogP contribution in [0.1, 0.15) is 38.8 Å². The molecule has 21 heavy (non-hydrogen) atoms. The summed E-state index contributed by atoms with van der Waals surface area (Å²) in [5.74, 6) is 0.898. The van der Waals surface area contributed by atoms with Crippen LogP contribution in [0.2, 0.25) is 0 Å². The van der Waals surface area contributed by atoms with Crippen molar-refractivity contribution in [3.05, 3.63) is 29.8 Å².